The molecule has 5 nitrogen and oxygen atoms in total. The molecule has 0 aliphatic rings. The van der Waals surface area contributed by atoms with Crippen molar-refractivity contribution < 1.29 is 13.2 Å². The molecule has 0 unspecified atom stereocenters. The monoisotopic (exact) mass is 408 g/mol. The van der Waals surface area contributed by atoms with Crippen LogP contribution in [0, 0.1) is 20.8 Å². The molecular formula is C23H24N2O3S. The summed E-state index contributed by atoms with van der Waals surface area (Å²) in [6, 6.07) is 19.0. The molecule has 150 valence electrons. The SMILES string of the molecule is Cc1ccc(C(=O)Nc2cccc(C)c2C)cc1N(C)S(=O)(=O)c1ccccc1. The average molecular weight is 409 g/mol. The lowest BCUT2D eigenvalue weighted by Gasteiger charge is -2.22. The Morgan fingerprint density at radius 1 is 0.862 bits per heavy atom. The molecule has 3 aromatic rings. The summed E-state index contributed by atoms with van der Waals surface area (Å²) in [6.45, 7) is 5.75. The third-order valence-electron chi connectivity index (χ3n) is 5.07. The van der Waals surface area contributed by atoms with Gasteiger partial charge in [0.2, 0.25) is 0 Å². The molecule has 0 heterocycles. The summed E-state index contributed by atoms with van der Waals surface area (Å²) in [5, 5.41) is 2.92. The van der Waals surface area contributed by atoms with Gasteiger partial charge in [-0.05, 0) is 67.8 Å². The van der Waals surface area contributed by atoms with Crippen molar-refractivity contribution in [2.24, 2.45) is 0 Å². The van der Waals surface area contributed by atoms with Gasteiger partial charge in [0.25, 0.3) is 15.9 Å². The van der Waals surface area contributed by atoms with Gasteiger partial charge in [0.05, 0.1) is 10.6 Å². The molecule has 0 atom stereocenters. The fourth-order valence-electron chi connectivity index (χ4n) is 3.05. The van der Waals surface area contributed by atoms with E-state index in [4.69, 9.17) is 0 Å². The number of carbonyl (C=O) groups is 1. The lowest BCUT2D eigenvalue weighted by molar-refractivity contribution is 0.102. The van der Waals surface area contributed by atoms with Crippen molar-refractivity contribution in [2.75, 3.05) is 16.7 Å². The third-order valence-corrected chi connectivity index (χ3v) is 6.85. The molecule has 0 aromatic heterocycles. The molecule has 0 saturated carbocycles. The Bertz CT molecular complexity index is 1160. The minimum Gasteiger partial charge on any atom is -0.322 e. The largest absolute Gasteiger partial charge is 0.322 e. The molecule has 29 heavy (non-hydrogen) atoms. The first kappa shape index (κ1) is 20.6. The lowest BCUT2D eigenvalue weighted by Crippen LogP contribution is -2.27. The summed E-state index contributed by atoms with van der Waals surface area (Å²) in [7, 11) is -2.23. The molecule has 0 fully saturated rings. The van der Waals surface area contributed by atoms with Crippen LogP contribution in [-0.4, -0.2) is 21.4 Å². The van der Waals surface area contributed by atoms with Gasteiger partial charge in [0, 0.05) is 18.3 Å². The zero-order chi connectivity index (χ0) is 21.2. The van der Waals surface area contributed by atoms with Crippen molar-refractivity contribution in [1.82, 2.24) is 0 Å². The predicted octanol–water partition coefficient (Wildman–Crippen LogP) is 4.69. The zero-order valence-electron chi connectivity index (χ0n) is 16.9. The second-order valence-corrected chi connectivity index (χ2v) is 8.96. The van der Waals surface area contributed by atoms with Gasteiger partial charge in [-0.1, -0.05) is 36.4 Å². The number of nitrogens with one attached hydrogen (secondary N) is 1. The second kappa shape index (κ2) is 8.09. The number of sulfonamides is 1. The van der Waals surface area contributed by atoms with Gasteiger partial charge in [-0.3, -0.25) is 9.10 Å². The van der Waals surface area contributed by atoms with Crippen LogP contribution < -0.4 is 9.62 Å². The van der Waals surface area contributed by atoms with Crippen LogP contribution in [0.3, 0.4) is 0 Å². The van der Waals surface area contributed by atoms with E-state index in [1.54, 1.807) is 48.5 Å². The number of hydrogen-bond donors (Lipinski definition) is 1. The van der Waals surface area contributed by atoms with Gasteiger partial charge in [0.1, 0.15) is 0 Å². The van der Waals surface area contributed by atoms with Crippen LogP contribution in [0.1, 0.15) is 27.0 Å². The van der Waals surface area contributed by atoms with Crippen molar-refractivity contribution in [1.29, 1.82) is 0 Å². The summed E-state index contributed by atoms with van der Waals surface area (Å²) in [5.74, 6) is -0.287. The molecule has 3 rings (SSSR count). The fraction of sp³-hybridized carbons (Fsp3) is 0.174. The Morgan fingerprint density at radius 2 is 1.55 bits per heavy atom. The zero-order valence-corrected chi connectivity index (χ0v) is 17.7. The highest BCUT2D eigenvalue weighted by Gasteiger charge is 2.23. The maximum Gasteiger partial charge on any atom is 0.264 e. The number of hydrogen-bond acceptors (Lipinski definition) is 3. The molecule has 0 aliphatic carbocycles. The molecule has 3 aromatic carbocycles. The number of amides is 1. The smallest absolute Gasteiger partial charge is 0.264 e. The van der Waals surface area contributed by atoms with Gasteiger partial charge in [-0.15, -0.1) is 0 Å². The number of aryl methyl sites for hydroxylation is 2. The van der Waals surface area contributed by atoms with Gasteiger partial charge in [-0.25, -0.2) is 8.42 Å². The Labute approximate surface area is 172 Å². The van der Waals surface area contributed by atoms with Crippen LogP contribution in [0.4, 0.5) is 11.4 Å². The van der Waals surface area contributed by atoms with Crippen LogP contribution in [0.15, 0.2) is 71.6 Å². The van der Waals surface area contributed by atoms with E-state index in [1.165, 1.54) is 11.4 Å². The minimum atomic E-state index is -3.73. The predicted molar refractivity (Wildman–Crippen MR) is 117 cm³/mol. The van der Waals surface area contributed by atoms with Gasteiger partial charge in [0.15, 0.2) is 0 Å². The van der Waals surface area contributed by atoms with Crippen molar-refractivity contribution in [3.63, 3.8) is 0 Å². The summed E-state index contributed by atoms with van der Waals surface area (Å²) in [4.78, 5) is 13.0. The standard InChI is InChI=1S/C23H24N2O3S/c1-16-9-8-12-21(18(16)3)24-23(26)19-14-13-17(2)22(15-19)25(4)29(27,28)20-10-6-5-7-11-20/h5-15H,1-4H3,(H,24,26). The van der Waals surface area contributed by atoms with Gasteiger partial charge >= 0.3 is 0 Å². The normalized spacial score (nSPS) is 11.2. The fourth-order valence-corrected chi connectivity index (χ4v) is 4.32. The maximum absolute atomic E-state index is 13.0. The maximum atomic E-state index is 13.0. The molecular weight excluding hydrogens is 384 g/mol. The number of rotatable bonds is 5. The van der Waals surface area contributed by atoms with Crippen molar-refractivity contribution in [3.05, 3.63) is 89.0 Å². The van der Waals surface area contributed by atoms with Crippen LogP contribution >= 0.6 is 0 Å². The van der Waals surface area contributed by atoms with E-state index in [0.717, 1.165) is 22.4 Å². The number of carbonyl (C=O) groups excluding carboxylic acids is 1. The topological polar surface area (TPSA) is 66.5 Å². The van der Waals surface area contributed by atoms with E-state index < -0.39 is 10.0 Å². The highest BCUT2D eigenvalue weighted by Crippen LogP contribution is 2.27. The number of anilines is 2. The summed E-state index contributed by atoms with van der Waals surface area (Å²) >= 11 is 0. The second-order valence-electron chi connectivity index (χ2n) is 6.99. The third kappa shape index (κ3) is 4.17. The summed E-state index contributed by atoms with van der Waals surface area (Å²) in [5.41, 5.74) is 4.43. The molecule has 0 aliphatic heterocycles. The average Bonchev–Trinajstić information content (AvgIpc) is 2.71. The Morgan fingerprint density at radius 3 is 2.24 bits per heavy atom. The number of nitrogens with zero attached hydrogens (tertiary/aromatic N) is 1. The molecule has 0 saturated heterocycles. The van der Waals surface area contributed by atoms with Crippen molar-refractivity contribution >= 4 is 27.3 Å². The van der Waals surface area contributed by atoms with Gasteiger partial charge < -0.3 is 5.32 Å². The van der Waals surface area contributed by atoms with Crippen LogP contribution in [0.25, 0.3) is 0 Å². The molecule has 0 radical (unpaired) electrons. The minimum absolute atomic E-state index is 0.201. The first-order chi connectivity index (χ1) is 13.7. The summed E-state index contributed by atoms with van der Waals surface area (Å²) in [6.07, 6.45) is 0. The molecule has 0 spiro atoms. The van der Waals surface area contributed by atoms with E-state index in [1.807, 2.05) is 39.0 Å². The molecule has 0 bridgehead atoms. The van der Waals surface area contributed by atoms with Crippen LogP contribution in [0.5, 0.6) is 0 Å². The van der Waals surface area contributed by atoms with Crippen LogP contribution in [0.2, 0.25) is 0 Å². The Kier molecular flexibility index (Phi) is 5.75. The Balaban J connectivity index is 1.94. The lowest BCUT2D eigenvalue weighted by atomic mass is 10.1. The molecule has 1 amide bonds. The summed E-state index contributed by atoms with van der Waals surface area (Å²) < 4.78 is 27.1. The van der Waals surface area contributed by atoms with Gasteiger partial charge in [-0.2, -0.15) is 0 Å². The van der Waals surface area contributed by atoms with E-state index in [2.05, 4.69) is 5.32 Å². The molecule has 6 heteroatoms. The number of benzene rings is 3. The highest BCUT2D eigenvalue weighted by atomic mass is 32.2. The quantitative estimate of drug-likeness (QED) is 0.666. The van der Waals surface area contributed by atoms with Crippen molar-refractivity contribution in [3.8, 4) is 0 Å². The first-order valence-electron chi connectivity index (χ1n) is 9.24. The van der Waals surface area contributed by atoms with E-state index in [-0.39, 0.29) is 10.8 Å². The van der Waals surface area contributed by atoms with E-state index in [0.29, 0.717) is 11.3 Å². The van der Waals surface area contributed by atoms with Crippen molar-refractivity contribution in [2.45, 2.75) is 25.7 Å². The highest BCUT2D eigenvalue weighted by molar-refractivity contribution is 7.92. The molecule has 1 N–H and O–H groups in total. The van der Waals surface area contributed by atoms with Crippen LogP contribution in [-0.2, 0) is 10.0 Å². The first-order valence-corrected chi connectivity index (χ1v) is 10.7. The van der Waals surface area contributed by atoms with E-state index in [9.17, 15) is 13.2 Å². The van der Waals surface area contributed by atoms with E-state index >= 15 is 0 Å². The Hall–Kier alpha value is -3.12.